The molecule has 1 aliphatic heterocycles. The lowest BCUT2D eigenvalue weighted by molar-refractivity contribution is -0.274. The number of hydrogen-bond donors (Lipinski definition) is 1. The lowest BCUT2D eigenvalue weighted by atomic mass is 10.3. The lowest BCUT2D eigenvalue weighted by Crippen LogP contribution is -2.32. The van der Waals surface area contributed by atoms with Crippen LogP contribution in [0.25, 0.3) is 0 Å². The monoisotopic (exact) mass is 417 g/mol. The van der Waals surface area contributed by atoms with Crippen molar-refractivity contribution in [3.8, 4) is 5.75 Å². The Morgan fingerprint density at radius 3 is 2.38 bits per heavy atom. The Morgan fingerprint density at radius 1 is 1.17 bits per heavy atom. The van der Waals surface area contributed by atoms with Crippen molar-refractivity contribution in [3.63, 3.8) is 0 Å². The smallest absolute Gasteiger partial charge is 0.456 e. The quantitative estimate of drug-likeness (QED) is 0.510. The molecule has 12 heteroatoms. The molecule has 1 N–H and O–H groups in total. The van der Waals surface area contributed by atoms with Gasteiger partial charge < -0.3 is 19.7 Å². The van der Waals surface area contributed by atoms with Crippen LogP contribution in [0.1, 0.15) is 12.8 Å². The average Bonchev–Trinajstić information content (AvgIpc) is 2.86. The van der Waals surface area contributed by atoms with Crippen molar-refractivity contribution in [1.82, 2.24) is 9.80 Å². The van der Waals surface area contributed by atoms with Crippen molar-refractivity contribution in [2.24, 2.45) is 0 Å². The molecule has 0 atom stereocenters. The van der Waals surface area contributed by atoms with Crippen molar-refractivity contribution < 1.29 is 41.8 Å². The molecule has 158 valence electrons. The number of carbonyl (C=O) groups excluding carboxylic acids is 4. The summed E-state index contributed by atoms with van der Waals surface area (Å²) in [6.45, 7) is -0.535. The highest BCUT2D eigenvalue weighted by Gasteiger charge is 2.33. The van der Waals surface area contributed by atoms with Crippen LogP contribution in [0.2, 0.25) is 0 Å². The number of esters is 1. The van der Waals surface area contributed by atoms with Crippen molar-refractivity contribution in [3.05, 3.63) is 24.3 Å². The second-order valence-corrected chi connectivity index (χ2v) is 6.07. The lowest BCUT2D eigenvalue weighted by Gasteiger charge is -2.13. The van der Waals surface area contributed by atoms with E-state index in [4.69, 9.17) is 4.74 Å². The van der Waals surface area contributed by atoms with Gasteiger partial charge in [0, 0.05) is 25.7 Å². The van der Waals surface area contributed by atoms with E-state index in [1.54, 1.807) is 0 Å². The Hall–Kier alpha value is -3.31. The Bertz CT molecular complexity index is 782. The number of nitrogens with one attached hydrogen (secondary N) is 1. The zero-order chi connectivity index (χ0) is 21.6. The van der Waals surface area contributed by atoms with E-state index in [0.29, 0.717) is 0 Å². The highest BCUT2D eigenvalue weighted by atomic mass is 19.4. The molecular formula is C17H18F3N3O6. The largest absolute Gasteiger partial charge is 0.573 e. The summed E-state index contributed by atoms with van der Waals surface area (Å²) in [5, 5.41) is 2.35. The van der Waals surface area contributed by atoms with Gasteiger partial charge in [-0.3, -0.25) is 19.3 Å². The average molecular weight is 417 g/mol. The van der Waals surface area contributed by atoms with E-state index >= 15 is 0 Å². The van der Waals surface area contributed by atoms with Crippen LogP contribution in [0.15, 0.2) is 24.3 Å². The van der Waals surface area contributed by atoms with E-state index in [1.165, 1.54) is 24.1 Å². The van der Waals surface area contributed by atoms with Crippen molar-refractivity contribution in [2.45, 2.75) is 19.2 Å². The van der Waals surface area contributed by atoms with Gasteiger partial charge in [0.25, 0.3) is 5.91 Å². The van der Waals surface area contributed by atoms with E-state index < -0.39 is 36.6 Å². The van der Waals surface area contributed by atoms with Gasteiger partial charge >= 0.3 is 18.4 Å². The molecule has 0 radical (unpaired) electrons. The number of anilines is 1. The van der Waals surface area contributed by atoms with Gasteiger partial charge in [-0.25, -0.2) is 4.79 Å². The van der Waals surface area contributed by atoms with Crippen LogP contribution in [0.5, 0.6) is 5.75 Å². The molecule has 0 saturated carbocycles. The van der Waals surface area contributed by atoms with Gasteiger partial charge in [0.15, 0.2) is 6.61 Å². The van der Waals surface area contributed by atoms with Crippen LogP contribution in [0.3, 0.4) is 0 Å². The summed E-state index contributed by atoms with van der Waals surface area (Å²) in [4.78, 5) is 48.9. The minimum atomic E-state index is -4.82. The predicted octanol–water partition coefficient (Wildman–Crippen LogP) is 1.74. The molecule has 1 saturated heterocycles. The Kier molecular flexibility index (Phi) is 7.02. The first-order valence-corrected chi connectivity index (χ1v) is 8.42. The molecule has 0 aromatic heterocycles. The number of rotatable bonds is 8. The van der Waals surface area contributed by atoms with Gasteiger partial charge in [0.2, 0.25) is 5.91 Å². The van der Waals surface area contributed by atoms with E-state index in [9.17, 15) is 32.3 Å². The number of amides is 4. The number of carbonyl (C=O) groups is 4. The van der Waals surface area contributed by atoms with Crippen LogP contribution in [0, 0.1) is 0 Å². The molecule has 1 fully saturated rings. The number of imide groups is 1. The molecule has 1 aromatic carbocycles. The maximum absolute atomic E-state index is 12.1. The summed E-state index contributed by atoms with van der Waals surface area (Å²) in [6.07, 6.45) is -4.73. The third-order valence-electron chi connectivity index (χ3n) is 3.73. The number of nitrogens with zero attached hydrogens (tertiary/aromatic N) is 2. The topological polar surface area (TPSA) is 105 Å². The number of alkyl halides is 3. The predicted molar refractivity (Wildman–Crippen MR) is 91.7 cm³/mol. The van der Waals surface area contributed by atoms with Crippen molar-refractivity contribution in [2.75, 3.05) is 32.1 Å². The standard InChI is InChI=1S/C17H18F3N3O6/c1-22-9-14(25)23(16(22)27)8-2-3-15(26)28-10-13(24)21-11-4-6-12(7-5-11)29-17(18,19)20/h4-7H,2-3,8-10H2,1H3,(H,21,24). The molecule has 0 aliphatic carbocycles. The van der Waals surface area contributed by atoms with Crippen LogP contribution >= 0.6 is 0 Å². The maximum atomic E-state index is 12.1. The fourth-order valence-electron chi connectivity index (χ4n) is 2.43. The summed E-state index contributed by atoms with van der Waals surface area (Å²) < 4.78 is 44.7. The highest BCUT2D eigenvalue weighted by Crippen LogP contribution is 2.23. The molecule has 1 aromatic rings. The molecular weight excluding hydrogens is 399 g/mol. The number of ether oxygens (including phenoxy) is 2. The summed E-state index contributed by atoms with van der Waals surface area (Å²) in [5.74, 6) is -2.17. The van der Waals surface area contributed by atoms with Gasteiger partial charge in [-0.15, -0.1) is 13.2 Å². The minimum Gasteiger partial charge on any atom is -0.456 e. The summed E-state index contributed by atoms with van der Waals surface area (Å²) in [6, 6.07) is 4.00. The fourth-order valence-corrected chi connectivity index (χ4v) is 2.43. The molecule has 1 aliphatic rings. The number of likely N-dealkylation sites (N-methyl/N-ethyl adjacent to an activating group) is 1. The number of urea groups is 1. The first kappa shape index (κ1) is 22.0. The minimum absolute atomic E-state index is 0.00718. The van der Waals surface area contributed by atoms with Gasteiger partial charge in [0.1, 0.15) is 12.3 Å². The molecule has 1 heterocycles. The first-order valence-electron chi connectivity index (χ1n) is 8.42. The molecule has 2 rings (SSSR count). The van der Waals surface area contributed by atoms with E-state index in [-0.39, 0.29) is 37.5 Å². The SMILES string of the molecule is CN1CC(=O)N(CCCC(=O)OCC(=O)Nc2ccc(OC(F)(F)F)cc2)C1=O. The number of benzene rings is 1. The number of hydrogen-bond acceptors (Lipinski definition) is 6. The Balaban J connectivity index is 1.67. The Labute approximate surface area is 163 Å². The van der Waals surface area contributed by atoms with Crippen molar-refractivity contribution >= 4 is 29.5 Å². The van der Waals surface area contributed by atoms with Crippen LogP contribution < -0.4 is 10.1 Å². The summed E-state index contributed by atoms with van der Waals surface area (Å²) in [5.41, 5.74) is 0.191. The number of halogens is 3. The zero-order valence-electron chi connectivity index (χ0n) is 15.3. The van der Waals surface area contributed by atoms with E-state index in [0.717, 1.165) is 17.0 Å². The van der Waals surface area contributed by atoms with Crippen molar-refractivity contribution in [1.29, 1.82) is 0 Å². The van der Waals surface area contributed by atoms with Crippen LogP contribution in [-0.4, -0.2) is 66.7 Å². The third kappa shape index (κ3) is 6.97. The van der Waals surface area contributed by atoms with Crippen LogP contribution in [-0.2, 0) is 19.1 Å². The highest BCUT2D eigenvalue weighted by molar-refractivity contribution is 6.01. The fraction of sp³-hybridized carbons (Fsp3) is 0.412. The van der Waals surface area contributed by atoms with Crippen LogP contribution in [0.4, 0.5) is 23.7 Å². The Morgan fingerprint density at radius 2 is 1.83 bits per heavy atom. The summed E-state index contributed by atoms with van der Waals surface area (Å²) in [7, 11) is 1.49. The van der Waals surface area contributed by atoms with Gasteiger partial charge in [-0.1, -0.05) is 0 Å². The van der Waals surface area contributed by atoms with Gasteiger partial charge in [-0.2, -0.15) is 0 Å². The molecule has 0 unspecified atom stereocenters. The second-order valence-electron chi connectivity index (χ2n) is 6.07. The normalized spacial score (nSPS) is 14.2. The first-order chi connectivity index (χ1) is 13.5. The molecule has 0 bridgehead atoms. The van der Waals surface area contributed by atoms with E-state index in [2.05, 4.69) is 10.1 Å². The zero-order valence-corrected chi connectivity index (χ0v) is 15.3. The second kappa shape index (κ2) is 9.26. The third-order valence-corrected chi connectivity index (χ3v) is 3.73. The van der Waals surface area contributed by atoms with Gasteiger partial charge in [0.05, 0.1) is 0 Å². The maximum Gasteiger partial charge on any atom is 0.573 e. The molecule has 29 heavy (non-hydrogen) atoms. The molecule has 4 amide bonds. The van der Waals surface area contributed by atoms with Gasteiger partial charge in [-0.05, 0) is 30.7 Å². The molecule has 9 nitrogen and oxygen atoms in total. The summed E-state index contributed by atoms with van der Waals surface area (Å²) >= 11 is 0. The molecule has 0 spiro atoms. The van der Waals surface area contributed by atoms with E-state index in [1.807, 2.05) is 0 Å².